The van der Waals surface area contributed by atoms with E-state index in [1.54, 1.807) is 7.11 Å². The van der Waals surface area contributed by atoms with Crippen molar-refractivity contribution in [3.8, 4) is 0 Å². The fraction of sp³-hybridized carbons (Fsp3) is 1.00. The second kappa shape index (κ2) is 10.6. The molecule has 0 rings (SSSR count). The maximum absolute atomic E-state index is 10.7. The number of nitrogens with zero attached hydrogens (tertiary/aromatic N) is 1. The fourth-order valence-corrected chi connectivity index (χ4v) is 3.26. The van der Waals surface area contributed by atoms with E-state index < -0.39 is 6.23 Å². The van der Waals surface area contributed by atoms with Crippen LogP contribution in [0.3, 0.4) is 0 Å². The van der Waals surface area contributed by atoms with Gasteiger partial charge in [0.2, 0.25) is 0 Å². The fourth-order valence-electron chi connectivity index (χ4n) is 3.26. The third-order valence-corrected chi connectivity index (χ3v) is 4.99. The molecule has 0 aliphatic heterocycles. The summed E-state index contributed by atoms with van der Waals surface area (Å²) >= 11 is 0. The van der Waals surface area contributed by atoms with Crippen molar-refractivity contribution in [2.75, 3.05) is 14.2 Å². The van der Waals surface area contributed by atoms with Crippen LogP contribution in [0.5, 0.6) is 0 Å². The number of hydrogen-bond acceptors (Lipinski definition) is 3. The smallest absolute Gasteiger partial charge is 0.110 e. The third kappa shape index (κ3) is 6.25. The molecule has 0 heterocycles. The Labute approximate surface area is 133 Å². The Morgan fingerprint density at radius 1 is 1.00 bits per heavy atom. The molecule has 0 aromatic rings. The molecular weight excluding hydrogens is 262 g/mol. The van der Waals surface area contributed by atoms with Crippen LogP contribution in [-0.2, 0) is 4.74 Å². The first-order valence-electron chi connectivity index (χ1n) is 8.74. The first-order valence-corrected chi connectivity index (χ1v) is 8.74. The SMILES string of the molecule is CCCC(OC)C([C@H](C)CCC)N(C)C(O)C(C)C(C)C. The average molecular weight is 302 g/mol. The number of likely N-dealkylation sites (N-methyl/N-ethyl adjacent to an activating group) is 1. The topological polar surface area (TPSA) is 32.7 Å². The van der Waals surface area contributed by atoms with Crippen LogP contribution in [0, 0.1) is 17.8 Å². The van der Waals surface area contributed by atoms with Crippen molar-refractivity contribution in [3.63, 3.8) is 0 Å². The number of ether oxygens (including phenoxy) is 1. The molecule has 0 aromatic heterocycles. The van der Waals surface area contributed by atoms with Crippen molar-refractivity contribution in [2.45, 2.75) is 85.6 Å². The van der Waals surface area contributed by atoms with Gasteiger partial charge < -0.3 is 9.84 Å². The van der Waals surface area contributed by atoms with Gasteiger partial charge in [0.15, 0.2) is 0 Å². The Morgan fingerprint density at radius 3 is 1.90 bits per heavy atom. The highest BCUT2D eigenvalue weighted by atomic mass is 16.5. The van der Waals surface area contributed by atoms with Crippen LogP contribution in [0.15, 0.2) is 0 Å². The van der Waals surface area contributed by atoms with E-state index in [1.165, 1.54) is 12.8 Å². The maximum Gasteiger partial charge on any atom is 0.110 e. The summed E-state index contributed by atoms with van der Waals surface area (Å²) in [4.78, 5) is 2.16. The van der Waals surface area contributed by atoms with E-state index in [2.05, 4.69) is 53.5 Å². The Hall–Kier alpha value is -0.120. The molecule has 3 nitrogen and oxygen atoms in total. The van der Waals surface area contributed by atoms with E-state index in [9.17, 15) is 5.11 Å². The van der Waals surface area contributed by atoms with E-state index >= 15 is 0 Å². The molecule has 0 saturated heterocycles. The molecule has 21 heavy (non-hydrogen) atoms. The molecule has 3 heteroatoms. The van der Waals surface area contributed by atoms with Crippen molar-refractivity contribution in [1.82, 2.24) is 4.90 Å². The van der Waals surface area contributed by atoms with Crippen LogP contribution < -0.4 is 0 Å². The van der Waals surface area contributed by atoms with E-state index in [0.29, 0.717) is 11.8 Å². The molecule has 5 atom stereocenters. The Balaban J connectivity index is 5.16. The quantitative estimate of drug-likeness (QED) is 0.582. The van der Waals surface area contributed by atoms with E-state index in [1.807, 2.05) is 0 Å². The summed E-state index contributed by atoms with van der Waals surface area (Å²) < 4.78 is 5.78. The lowest BCUT2D eigenvalue weighted by atomic mass is 9.87. The molecule has 0 fully saturated rings. The molecule has 1 N–H and O–H groups in total. The summed E-state index contributed by atoms with van der Waals surface area (Å²) in [7, 11) is 3.86. The van der Waals surface area contributed by atoms with Crippen molar-refractivity contribution >= 4 is 0 Å². The number of aliphatic hydroxyl groups excluding tert-OH is 1. The van der Waals surface area contributed by atoms with Gasteiger partial charge in [0.1, 0.15) is 6.23 Å². The van der Waals surface area contributed by atoms with Gasteiger partial charge in [-0.2, -0.15) is 0 Å². The zero-order valence-electron chi connectivity index (χ0n) is 15.6. The van der Waals surface area contributed by atoms with E-state index in [-0.39, 0.29) is 18.1 Å². The van der Waals surface area contributed by atoms with Crippen LogP contribution in [0.4, 0.5) is 0 Å². The summed E-state index contributed by atoms with van der Waals surface area (Å²) in [6.45, 7) is 13.2. The highest BCUT2D eigenvalue weighted by molar-refractivity contribution is 4.85. The predicted octanol–water partition coefficient (Wildman–Crippen LogP) is 4.15. The molecule has 0 radical (unpaired) electrons. The van der Waals surface area contributed by atoms with Crippen molar-refractivity contribution in [3.05, 3.63) is 0 Å². The molecular formula is C18H39NO2. The van der Waals surface area contributed by atoms with Gasteiger partial charge in [0.25, 0.3) is 0 Å². The molecule has 0 aliphatic carbocycles. The molecule has 4 unspecified atom stereocenters. The van der Waals surface area contributed by atoms with Gasteiger partial charge in [0.05, 0.1) is 6.10 Å². The average Bonchev–Trinajstić information content (AvgIpc) is 2.44. The lowest BCUT2D eigenvalue weighted by molar-refractivity contribution is -0.105. The minimum atomic E-state index is -0.413. The number of rotatable bonds is 11. The number of hydrogen-bond donors (Lipinski definition) is 1. The standard InChI is InChI=1S/C18H39NO2/c1-9-11-14(5)17(16(21-8)12-10-2)19(7)18(20)15(6)13(3)4/h13-18,20H,9-12H2,1-8H3/t14-,15?,16?,17?,18?/m1/s1. The zero-order valence-corrected chi connectivity index (χ0v) is 15.6. The number of methoxy groups -OCH3 is 1. The summed E-state index contributed by atoms with van der Waals surface area (Å²) in [5.41, 5.74) is 0. The molecule has 0 spiro atoms. The van der Waals surface area contributed by atoms with Crippen LogP contribution in [-0.4, -0.2) is 42.5 Å². The van der Waals surface area contributed by atoms with Gasteiger partial charge in [0, 0.05) is 13.2 Å². The molecule has 0 aromatic carbocycles. The Kier molecular flexibility index (Phi) is 10.5. The van der Waals surface area contributed by atoms with Crippen molar-refractivity contribution < 1.29 is 9.84 Å². The van der Waals surface area contributed by atoms with Gasteiger partial charge in [-0.05, 0) is 37.6 Å². The van der Waals surface area contributed by atoms with Crippen molar-refractivity contribution in [1.29, 1.82) is 0 Å². The zero-order chi connectivity index (χ0) is 16.6. The lowest BCUT2D eigenvalue weighted by Gasteiger charge is -2.42. The second-order valence-electron chi connectivity index (χ2n) is 7.00. The number of aliphatic hydroxyl groups is 1. The largest absolute Gasteiger partial charge is 0.380 e. The molecule has 0 aliphatic rings. The van der Waals surface area contributed by atoms with Crippen LogP contribution >= 0.6 is 0 Å². The van der Waals surface area contributed by atoms with Crippen LogP contribution in [0.2, 0.25) is 0 Å². The van der Waals surface area contributed by atoms with Gasteiger partial charge in [-0.15, -0.1) is 0 Å². The molecule has 128 valence electrons. The van der Waals surface area contributed by atoms with Gasteiger partial charge in [-0.25, -0.2) is 0 Å². The van der Waals surface area contributed by atoms with E-state index in [4.69, 9.17) is 4.74 Å². The molecule has 0 saturated carbocycles. The highest BCUT2D eigenvalue weighted by Crippen LogP contribution is 2.27. The highest BCUT2D eigenvalue weighted by Gasteiger charge is 2.35. The minimum absolute atomic E-state index is 0.190. The Bertz CT molecular complexity index is 258. The van der Waals surface area contributed by atoms with Crippen LogP contribution in [0.25, 0.3) is 0 Å². The van der Waals surface area contributed by atoms with Crippen molar-refractivity contribution in [2.24, 2.45) is 17.8 Å². The van der Waals surface area contributed by atoms with E-state index in [0.717, 1.165) is 12.8 Å². The Morgan fingerprint density at radius 2 is 1.52 bits per heavy atom. The van der Waals surface area contributed by atoms with Crippen LogP contribution in [0.1, 0.15) is 67.2 Å². The van der Waals surface area contributed by atoms with Gasteiger partial charge >= 0.3 is 0 Å². The van der Waals surface area contributed by atoms with Gasteiger partial charge in [-0.1, -0.05) is 54.4 Å². The summed E-state index contributed by atoms with van der Waals surface area (Å²) in [6.07, 6.45) is 4.27. The van der Waals surface area contributed by atoms with Gasteiger partial charge in [-0.3, -0.25) is 4.90 Å². The third-order valence-electron chi connectivity index (χ3n) is 4.99. The molecule has 0 bridgehead atoms. The lowest BCUT2D eigenvalue weighted by Crippen LogP contribution is -2.53. The normalized spacial score (nSPS) is 19.6. The summed E-state index contributed by atoms with van der Waals surface area (Å²) in [5.74, 6) is 1.24. The maximum atomic E-state index is 10.7. The molecule has 0 amide bonds. The summed E-state index contributed by atoms with van der Waals surface area (Å²) in [5, 5.41) is 10.7. The first-order chi connectivity index (χ1) is 9.81. The predicted molar refractivity (Wildman–Crippen MR) is 91.3 cm³/mol. The first kappa shape index (κ1) is 20.9. The monoisotopic (exact) mass is 301 g/mol. The summed E-state index contributed by atoms with van der Waals surface area (Å²) in [6, 6.07) is 0.270. The minimum Gasteiger partial charge on any atom is -0.380 e. The second-order valence-corrected chi connectivity index (χ2v) is 7.00.